The molecule has 1 aliphatic heterocycles. The molecule has 0 saturated heterocycles. The lowest BCUT2D eigenvalue weighted by Gasteiger charge is -2.31. The molecule has 0 unspecified atom stereocenters. The third-order valence-corrected chi connectivity index (χ3v) is 4.57. The Morgan fingerprint density at radius 3 is 2.39 bits per heavy atom. The van der Waals surface area contributed by atoms with Crippen molar-refractivity contribution in [3.8, 4) is 5.75 Å². The Morgan fingerprint density at radius 1 is 1.18 bits per heavy atom. The number of nitrogens with zero attached hydrogens (tertiary/aromatic N) is 2. The summed E-state index contributed by atoms with van der Waals surface area (Å²) in [7, 11) is 1.45. The topological polar surface area (TPSA) is 62.1 Å². The summed E-state index contributed by atoms with van der Waals surface area (Å²) in [5.74, 6) is -0.217. The maximum absolute atomic E-state index is 13.2. The molecule has 1 heterocycles. The van der Waals surface area contributed by atoms with E-state index in [4.69, 9.17) is 4.74 Å². The molecule has 0 saturated carbocycles. The Morgan fingerprint density at radius 2 is 1.82 bits per heavy atom. The van der Waals surface area contributed by atoms with Crippen molar-refractivity contribution in [2.75, 3.05) is 7.11 Å². The molecule has 0 fully saturated rings. The second-order valence-electron chi connectivity index (χ2n) is 6.46. The lowest BCUT2D eigenvalue weighted by Crippen LogP contribution is -2.43. The molecule has 5 nitrogen and oxygen atoms in total. The van der Waals surface area contributed by atoms with Crippen molar-refractivity contribution >= 4 is 11.6 Å². The van der Waals surface area contributed by atoms with Crippen LogP contribution in [0.25, 0.3) is 0 Å². The van der Waals surface area contributed by atoms with Crippen molar-refractivity contribution in [3.63, 3.8) is 0 Å². The number of hydrogen-bond acceptors (Lipinski definition) is 4. The van der Waals surface area contributed by atoms with Gasteiger partial charge in [-0.2, -0.15) is 23.3 Å². The Balaban J connectivity index is 1.88. The van der Waals surface area contributed by atoms with E-state index in [-0.39, 0.29) is 12.0 Å². The fraction of sp³-hybridized carbons (Fsp3) is 0.300. The molecular weight excluding hydrogens is 373 g/mol. The van der Waals surface area contributed by atoms with Crippen LogP contribution in [-0.2, 0) is 16.9 Å². The van der Waals surface area contributed by atoms with Gasteiger partial charge in [0.2, 0.25) is 5.91 Å². The molecule has 2 aromatic carbocycles. The number of hydrogen-bond donors (Lipinski definition) is 1. The zero-order valence-corrected chi connectivity index (χ0v) is 15.1. The summed E-state index contributed by atoms with van der Waals surface area (Å²) in [5, 5.41) is 15.0. The number of alkyl halides is 3. The van der Waals surface area contributed by atoms with Crippen LogP contribution in [0.3, 0.4) is 0 Å². The molecule has 0 spiro atoms. The summed E-state index contributed by atoms with van der Waals surface area (Å²) in [4.78, 5) is 12.7. The van der Waals surface area contributed by atoms with Crippen LogP contribution in [0.5, 0.6) is 5.75 Å². The SMILES string of the molecule is COc1ccc([C@@]2(O)CC(C(F)(F)F)=NN2C(=O)CCc2ccccc2)cc1. The number of carbonyl (C=O) groups is 1. The predicted molar refractivity (Wildman–Crippen MR) is 96.6 cm³/mol. The average molecular weight is 392 g/mol. The zero-order chi connectivity index (χ0) is 20.4. The van der Waals surface area contributed by atoms with Gasteiger partial charge >= 0.3 is 6.18 Å². The molecule has 8 heteroatoms. The van der Waals surface area contributed by atoms with Crippen molar-refractivity contribution in [2.45, 2.75) is 31.2 Å². The average Bonchev–Trinajstić information content (AvgIpc) is 3.06. The first kappa shape index (κ1) is 19.9. The van der Waals surface area contributed by atoms with Crippen LogP contribution in [0.15, 0.2) is 59.7 Å². The highest BCUT2D eigenvalue weighted by atomic mass is 19.4. The molecule has 1 aliphatic rings. The highest BCUT2D eigenvalue weighted by Crippen LogP contribution is 2.40. The van der Waals surface area contributed by atoms with Gasteiger partial charge in [-0.25, -0.2) is 0 Å². The van der Waals surface area contributed by atoms with E-state index in [9.17, 15) is 23.1 Å². The van der Waals surface area contributed by atoms with Gasteiger partial charge in [0.05, 0.1) is 13.5 Å². The molecule has 0 aliphatic carbocycles. The van der Waals surface area contributed by atoms with Gasteiger partial charge in [0.25, 0.3) is 0 Å². The van der Waals surface area contributed by atoms with Crippen molar-refractivity contribution in [1.82, 2.24) is 5.01 Å². The van der Waals surface area contributed by atoms with E-state index >= 15 is 0 Å². The van der Waals surface area contributed by atoms with Gasteiger partial charge in [0.1, 0.15) is 11.5 Å². The van der Waals surface area contributed by atoms with E-state index in [0.29, 0.717) is 17.2 Å². The monoisotopic (exact) mass is 392 g/mol. The van der Waals surface area contributed by atoms with Gasteiger partial charge in [-0.3, -0.25) is 4.79 Å². The van der Waals surface area contributed by atoms with Crippen LogP contribution in [0.1, 0.15) is 24.0 Å². The highest BCUT2D eigenvalue weighted by molar-refractivity contribution is 5.94. The third kappa shape index (κ3) is 4.01. The third-order valence-electron chi connectivity index (χ3n) is 4.57. The molecule has 0 aromatic heterocycles. The van der Waals surface area contributed by atoms with E-state index in [1.807, 2.05) is 30.3 Å². The van der Waals surface area contributed by atoms with Crippen molar-refractivity contribution in [3.05, 3.63) is 65.7 Å². The van der Waals surface area contributed by atoms with Crippen LogP contribution >= 0.6 is 0 Å². The minimum atomic E-state index is -4.74. The van der Waals surface area contributed by atoms with E-state index in [1.165, 1.54) is 31.4 Å². The Bertz CT molecular complexity index is 867. The van der Waals surface area contributed by atoms with Crippen molar-refractivity contribution in [1.29, 1.82) is 0 Å². The standard InChI is InChI=1S/C20H19F3N2O3/c1-28-16-10-8-15(9-11-16)19(27)13-17(20(21,22)23)24-25(19)18(26)12-7-14-5-3-2-4-6-14/h2-6,8-11,27H,7,12-13H2,1H3/t19-/m0/s1. The maximum atomic E-state index is 13.2. The minimum absolute atomic E-state index is 0.0862. The molecule has 1 N–H and O–H groups in total. The van der Waals surface area contributed by atoms with Gasteiger partial charge < -0.3 is 9.84 Å². The number of ether oxygens (including phenoxy) is 1. The van der Waals surface area contributed by atoms with Crippen molar-refractivity contribution < 1.29 is 27.8 Å². The molecular formula is C20H19F3N2O3. The number of rotatable bonds is 5. The number of methoxy groups -OCH3 is 1. The molecule has 28 heavy (non-hydrogen) atoms. The number of carbonyl (C=O) groups excluding carboxylic acids is 1. The van der Waals surface area contributed by atoms with Gasteiger partial charge in [-0.05, 0) is 24.1 Å². The van der Waals surface area contributed by atoms with E-state index in [0.717, 1.165) is 5.56 Å². The number of aryl methyl sites for hydroxylation is 1. The molecule has 3 rings (SSSR count). The summed E-state index contributed by atoms with van der Waals surface area (Å²) in [6, 6.07) is 14.9. The van der Waals surface area contributed by atoms with E-state index in [1.54, 1.807) is 0 Å². The number of hydrazone groups is 1. The van der Waals surface area contributed by atoms with E-state index < -0.39 is 29.9 Å². The smallest absolute Gasteiger partial charge is 0.431 e. The molecule has 1 atom stereocenters. The molecule has 148 valence electrons. The second kappa shape index (κ2) is 7.63. The summed E-state index contributed by atoms with van der Waals surface area (Å²) in [5.41, 5.74) is -2.41. The van der Waals surface area contributed by atoms with Crippen LogP contribution in [0.4, 0.5) is 13.2 Å². The highest BCUT2D eigenvalue weighted by Gasteiger charge is 2.52. The van der Waals surface area contributed by atoms with Gasteiger partial charge in [-0.1, -0.05) is 42.5 Å². The first-order valence-electron chi connectivity index (χ1n) is 8.62. The fourth-order valence-corrected chi connectivity index (χ4v) is 3.05. The van der Waals surface area contributed by atoms with Gasteiger partial charge in [0, 0.05) is 12.0 Å². The molecule has 1 amide bonds. The predicted octanol–water partition coefficient (Wildman–Crippen LogP) is 3.62. The minimum Gasteiger partial charge on any atom is -0.497 e. The number of halogens is 3. The first-order valence-corrected chi connectivity index (χ1v) is 8.62. The number of benzene rings is 2. The Kier molecular flexibility index (Phi) is 5.42. The lowest BCUT2D eigenvalue weighted by atomic mass is 9.96. The molecule has 0 bridgehead atoms. The lowest BCUT2D eigenvalue weighted by molar-refractivity contribution is -0.157. The maximum Gasteiger partial charge on any atom is 0.431 e. The molecule has 2 aromatic rings. The zero-order valence-electron chi connectivity index (χ0n) is 15.1. The fourth-order valence-electron chi connectivity index (χ4n) is 3.05. The summed E-state index contributed by atoms with van der Waals surface area (Å²) in [6.45, 7) is 0. The van der Waals surface area contributed by atoms with Gasteiger partial charge in [-0.15, -0.1) is 0 Å². The van der Waals surface area contributed by atoms with E-state index in [2.05, 4.69) is 5.10 Å². The van der Waals surface area contributed by atoms with Gasteiger partial charge in [0.15, 0.2) is 5.72 Å². The second-order valence-corrected chi connectivity index (χ2v) is 6.46. The number of amides is 1. The largest absolute Gasteiger partial charge is 0.497 e. The van der Waals surface area contributed by atoms with Crippen LogP contribution < -0.4 is 4.74 Å². The van der Waals surface area contributed by atoms with Crippen LogP contribution in [-0.4, -0.2) is 35.0 Å². The first-order chi connectivity index (χ1) is 13.2. The Hall–Kier alpha value is -2.87. The van der Waals surface area contributed by atoms with Crippen LogP contribution in [0.2, 0.25) is 0 Å². The Labute approximate surface area is 160 Å². The summed E-state index contributed by atoms with van der Waals surface area (Å²) in [6.07, 6.45) is -5.34. The normalized spacial score (nSPS) is 19.5. The summed E-state index contributed by atoms with van der Waals surface area (Å²) >= 11 is 0. The van der Waals surface area contributed by atoms with Crippen molar-refractivity contribution in [2.24, 2.45) is 5.10 Å². The molecule has 0 radical (unpaired) electrons. The summed E-state index contributed by atoms with van der Waals surface area (Å²) < 4.78 is 44.7. The number of aliphatic hydroxyl groups is 1. The van der Waals surface area contributed by atoms with Crippen LogP contribution in [0, 0.1) is 0 Å². The quantitative estimate of drug-likeness (QED) is 0.845.